The largest absolute Gasteiger partial charge is 0.325 e. The Kier molecular flexibility index (Phi) is 31.8. The maximum Gasteiger partial charge on any atom is 0.0378 e. The molecule has 0 atom stereocenters. The van der Waals surface area contributed by atoms with Gasteiger partial charge in [0, 0.05) is 48.6 Å². The lowest BCUT2D eigenvalue weighted by Gasteiger charge is -1.95. The van der Waals surface area contributed by atoms with Crippen LogP contribution in [0.1, 0.15) is 0 Å². The molecule has 0 amide bonds. The van der Waals surface area contributed by atoms with Crippen molar-refractivity contribution >= 4 is 47.0 Å². The molecule has 26 heavy (non-hydrogen) atoms. The van der Waals surface area contributed by atoms with E-state index in [2.05, 4.69) is 79.6 Å². The summed E-state index contributed by atoms with van der Waals surface area (Å²) in [5, 5.41) is 4.22. The minimum atomic E-state index is 1.08. The smallest absolute Gasteiger partial charge is 0.0378 e. The van der Waals surface area contributed by atoms with Crippen LogP contribution in [-0.2, 0) is 0 Å². The highest BCUT2D eigenvalue weighted by atomic mass is 32.2. The van der Waals surface area contributed by atoms with Crippen LogP contribution in [0.4, 0.5) is 0 Å². The third-order valence-corrected chi connectivity index (χ3v) is 6.25. The molecule has 1 rings (SSSR count). The average Bonchev–Trinajstić information content (AvgIpc) is 2.70. The molecule has 0 unspecified atom stereocenters. The van der Waals surface area contributed by atoms with Crippen LogP contribution in [0.15, 0.2) is 65.5 Å². The van der Waals surface area contributed by atoms with E-state index in [9.17, 15) is 0 Å². The molecule has 1 aliphatic heterocycles. The molecule has 2 nitrogen and oxygen atoms in total. The monoisotopic (exact) mass is 425 g/mol. The van der Waals surface area contributed by atoms with Crippen molar-refractivity contribution in [1.82, 2.24) is 0 Å². The van der Waals surface area contributed by atoms with E-state index >= 15 is 0 Å². The highest BCUT2D eigenvalue weighted by Gasteiger charge is 1.86. The van der Waals surface area contributed by atoms with Crippen molar-refractivity contribution in [2.24, 2.45) is 11.5 Å². The Labute approximate surface area is 178 Å². The van der Waals surface area contributed by atoms with Gasteiger partial charge in [-0.2, -0.15) is 23.5 Å². The summed E-state index contributed by atoms with van der Waals surface area (Å²) in [6, 6.07) is 0. The van der Waals surface area contributed by atoms with Crippen molar-refractivity contribution in [3.8, 4) is 0 Å². The molecule has 0 saturated heterocycles. The van der Waals surface area contributed by atoms with Crippen molar-refractivity contribution in [1.29, 1.82) is 0 Å². The van der Waals surface area contributed by atoms with E-state index in [1.807, 2.05) is 64.6 Å². The molecule has 0 aromatic rings. The van der Waals surface area contributed by atoms with Gasteiger partial charge in [-0.25, -0.2) is 0 Å². The summed E-state index contributed by atoms with van der Waals surface area (Å²) in [5.41, 5.74) is 8.00. The predicted molar refractivity (Wildman–Crippen MR) is 130 cm³/mol. The van der Waals surface area contributed by atoms with E-state index in [0.717, 1.165) is 17.3 Å². The normalized spacial score (nSPS) is 17.1. The zero-order valence-electron chi connectivity index (χ0n) is 15.0. The summed E-state index contributed by atoms with van der Waals surface area (Å²) in [4.78, 5) is 0. The van der Waals surface area contributed by atoms with Crippen LogP contribution in [0, 0.1) is 20.2 Å². The maximum atomic E-state index is 4.00. The van der Waals surface area contributed by atoms with Gasteiger partial charge >= 0.3 is 0 Å². The molecule has 5 radical (unpaired) electrons. The Morgan fingerprint density at radius 1 is 0.654 bits per heavy atom. The first-order valence-electron chi connectivity index (χ1n) is 7.93. The van der Waals surface area contributed by atoms with E-state index in [0.29, 0.717) is 0 Å². The molecule has 1 aliphatic rings. The van der Waals surface area contributed by atoms with Gasteiger partial charge in [-0.1, -0.05) is 54.7 Å². The summed E-state index contributed by atoms with van der Waals surface area (Å²) < 4.78 is 0. The van der Waals surface area contributed by atoms with E-state index in [1.54, 1.807) is 0 Å². The second-order valence-corrected chi connectivity index (χ2v) is 8.40. The number of hydrogen-bond donors (Lipinski definition) is 2. The molecule has 0 aromatic carbocycles. The Balaban J connectivity index is 0. The fourth-order valence-electron chi connectivity index (χ4n) is 1.34. The summed E-state index contributed by atoms with van der Waals surface area (Å²) in [6.07, 6.45) is 22.2. The molecule has 0 bridgehead atoms. The lowest BCUT2D eigenvalue weighted by molar-refractivity contribution is 1.54. The Morgan fingerprint density at radius 3 is 1.92 bits per heavy atom. The fourth-order valence-corrected chi connectivity index (χ4v) is 4.51. The molecule has 0 aliphatic carbocycles. The molecule has 6 heteroatoms. The molecule has 0 saturated carbocycles. The lowest BCUT2D eigenvalue weighted by atomic mass is 10.4. The van der Waals surface area contributed by atoms with Crippen LogP contribution < -0.4 is 11.5 Å². The van der Waals surface area contributed by atoms with Crippen molar-refractivity contribution in [3.63, 3.8) is 0 Å². The van der Waals surface area contributed by atoms with Crippen molar-refractivity contribution in [2.75, 3.05) is 34.5 Å². The van der Waals surface area contributed by atoms with Gasteiger partial charge < -0.3 is 11.5 Å². The highest BCUT2D eigenvalue weighted by molar-refractivity contribution is 8.05. The minimum absolute atomic E-state index is 1.08. The number of allylic oxidation sites excluding steroid dienone is 8. The van der Waals surface area contributed by atoms with Crippen molar-refractivity contribution in [2.45, 2.75) is 0 Å². The first-order chi connectivity index (χ1) is 13.0. The van der Waals surface area contributed by atoms with Gasteiger partial charge in [-0.15, -0.1) is 23.5 Å². The SMILES string of the molecule is [CH]N.[CH]N.[C]1=CSCCSCC=CC=CC=CSCCSCC=CC=C1. The molecular formula is C20H29N2S4. The van der Waals surface area contributed by atoms with Crippen LogP contribution >= 0.6 is 47.0 Å². The van der Waals surface area contributed by atoms with Crippen LogP contribution in [0.25, 0.3) is 0 Å². The zero-order chi connectivity index (χ0) is 19.6. The van der Waals surface area contributed by atoms with Crippen molar-refractivity contribution in [3.05, 3.63) is 85.7 Å². The topological polar surface area (TPSA) is 52.0 Å². The van der Waals surface area contributed by atoms with Crippen LogP contribution in [0.3, 0.4) is 0 Å². The summed E-state index contributed by atoms with van der Waals surface area (Å²) in [5.74, 6) is 6.83. The van der Waals surface area contributed by atoms with Gasteiger partial charge in [0.2, 0.25) is 0 Å². The second kappa shape index (κ2) is 29.5. The minimum Gasteiger partial charge on any atom is -0.325 e. The standard InChI is InChI=1S/C18H23S4.2CH3N/c1-3-7-11-19-15-17-21-13-9-5-2-6-10-14-22-18-16-20-12-8-4-1;2*1-2/h1-9,11,14H,12-13,15-18H2;2*1H,2H2. The Morgan fingerprint density at radius 2 is 1.23 bits per heavy atom. The van der Waals surface area contributed by atoms with Gasteiger partial charge in [-0.05, 0) is 16.9 Å². The molecule has 0 fully saturated rings. The van der Waals surface area contributed by atoms with Gasteiger partial charge in [0.25, 0.3) is 0 Å². The van der Waals surface area contributed by atoms with E-state index in [1.165, 1.54) is 17.3 Å². The molecular weight excluding hydrogens is 397 g/mol. The first-order valence-corrected chi connectivity index (χ1v) is 12.3. The summed E-state index contributed by atoms with van der Waals surface area (Å²) in [7, 11) is 8.00. The van der Waals surface area contributed by atoms with E-state index in [-0.39, 0.29) is 0 Å². The molecule has 143 valence electrons. The Bertz CT molecular complexity index is 352. The van der Waals surface area contributed by atoms with E-state index in [4.69, 9.17) is 0 Å². The van der Waals surface area contributed by atoms with Gasteiger partial charge in [0.1, 0.15) is 0 Å². The predicted octanol–water partition coefficient (Wildman–Crippen LogP) is 5.22. The maximum absolute atomic E-state index is 4.00. The molecule has 0 aromatic heterocycles. The second-order valence-electron chi connectivity index (χ2n) is 4.10. The quantitative estimate of drug-likeness (QED) is 0.519. The third-order valence-electron chi connectivity index (χ3n) is 2.35. The lowest BCUT2D eigenvalue weighted by Crippen LogP contribution is -1.82. The molecule has 4 N–H and O–H groups in total. The van der Waals surface area contributed by atoms with Crippen LogP contribution in [-0.4, -0.2) is 34.5 Å². The number of thioether (sulfide) groups is 4. The first kappa shape index (κ1) is 28.0. The van der Waals surface area contributed by atoms with Gasteiger partial charge in [-0.3, -0.25) is 0 Å². The summed E-state index contributed by atoms with van der Waals surface area (Å²) in [6.45, 7) is 0. The number of hydrogen-bond acceptors (Lipinski definition) is 6. The summed E-state index contributed by atoms with van der Waals surface area (Å²) >= 11 is 7.63. The fraction of sp³-hybridized carbons (Fsp3) is 0.300. The highest BCUT2D eigenvalue weighted by Crippen LogP contribution is 2.09. The van der Waals surface area contributed by atoms with Gasteiger partial charge in [0.05, 0.1) is 0 Å². The number of rotatable bonds is 0. The number of nitrogens with two attached hydrogens (primary N) is 2. The third kappa shape index (κ3) is 26.0. The van der Waals surface area contributed by atoms with Crippen molar-refractivity contribution < 1.29 is 0 Å². The Hall–Kier alpha value is -0.240. The molecule has 0 spiro atoms. The zero-order valence-corrected chi connectivity index (χ0v) is 18.3. The van der Waals surface area contributed by atoms with E-state index < -0.39 is 0 Å². The molecule has 1 heterocycles. The van der Waals surface area contributed by atoms with Crippen LogP contribution in [0.2, 0.25) is 0 Å². The van der Waals surface area contributed by atoms with Gasteiger partial charge in [0.15, 0.2) is 0 Å². The average molecular weight is 426 g/mol. The van der Waals surface area contributed by atoms with Crippen LogP contribution in [0.5, 0.6) is 0 Å².